The zero-order chi connectivity index (χ0) is 27.4. The fourth-order valence-electron chi connectivity index (χ4n) is 5.23. The van der Waals surface area contributed by atoms with Crippen molar-refractivity contribution in [2.75, 3.05) is 29.9 Å². The summed E-state index contributed by atoms with van der Waals surface area (Å²) in [7, 11) is 0. The monoisotopic (exact) mass is 518 g/mol. The highest BCUT2D eigenvalue weighted by molar-refractivity contribution is 5.95. The molecule has 1 aromatic carbocycles. The Morgan fingerprint density at radius 3 is 2.67 bits per heavy atom. The van der Waals surface area contributed by atoms with Crippen LogP contribution >= 0.6 is 0 Å². The Hall–Kier alpha value is -4.82. The average Bonchev–Trinajstić information content (AvgIpc) is 3.40. The molecule has 1 aliphatic heterocycles. The van der Waals surface area contributed by atoms with Crippen molar-refractivity contribution in [1.82, 2.24) is 14.6 Å². The predicted molar refractivity (Wildman–Crippen MR) is 151 cm³/mol. The fraction of sp³-hybridized carbons (Fsp3) is 0.290. The summed E-state index contributed by atoms with van der Waals surface area (Å²) < 4.78 is 7.40. The first-order valence-electron chi connectivity index (χ1n) is 13.1. The predicted octanol–water partition coefficient (Wildman–Crippen LogP) is 5.28. The number of amides is 1. The van der Waals surface area contributed by atoms with E-state index in [-0.39, 0.29) is 5.91 Å². The van der Waals surface area contributed by atoms with E-state index in [9.17, 15) is 10.1 Å². The van der Waals surface area contributed by atoms with Crippen LogP contribution in [0.15, 0.2) is 61.1 Å². The van der Waals surface area contributed by atoms with Gasteiger partial charge in [-0.15, -0.1) is 6.42 Å². The van der Waals surface area contributed by atoms with E-state index in [0.717, 1.165) is 66.1 Å². The minimum Gasteiger partial charge on any atom is -0.492 e. The summed E-state index contributed by atoms with van der Waals surface area (Å²) in [6, 6.07) is 15.5. The van der Waals surface area contributed by atoms with Crippen molar-refractivity contribution in [3.05, 3.63) is 72.2 Å². The van der Waals surface area contributed by atoms with Gasteiger partial charge in [0.25, 0.3) is 0 Å². The first-order chi connectivity index (χ1) is 19.0. The molecule has 0 saturated carbocycles. The lowest BCUT2D eigenvalue weighted by molar-refractivity contribution is -0.127. The molecule has 0 unspecified atom stereocenters. The Bertz CT molecular complexity index is 1580. The van der Waals surface area contributed by atoms with Gasteiger partial charge in [-0.05, 0) is 62.6 Å². The van der Waals surface area contributed by atoms with Crippen LogP contribution in [0.4, 0.5) is 11.5 Å². The summed E-state index contributed by atoms with van der Waals surface area (Å²) in [5.41, 5.74) is 3.95. The molecule has 1 fully saturated rings. The summed E-state index contributed by atoms with van der Waals surface area (Å²) >= 11 is 0. The van der Waals surface area contributed by atoms with Crippen molar-refractivity contribution in [2.45, 2.75) is 33.1 Å². The molecule has 1 saturated heterocycles. The quantitative estimate of drug-likeness (QED) is 0.334. The van der Waals surface area contributed by atoms with Crippen LogP contribution < -0.4 is 15.0 Å². The molecule has 8 nitrogen and oxygen atoms in total. The summed E-state index contributed by atoms with van der Waals surface area (Å²) in [5.74, 6) is 4.18. The standard InChI is InChI=1S/C31H30N6O2/c1-4-22-8-7-9-25(16-22)35-30(38)31(5-2)12-14-36(15-13-31)28-11-10-23(19-33-28)27-17-26(39-6-3)21-37-29(27)24(18-32)20-34-37/h1,7-11,16-17,19-21H,5-6,12-15H2,2-3H3,(H,35,38). The molecule has 4 aromatic rings. The molecule has 0 spiro atoms. The summed E-state index contributed by atoms with van der Waals surface area (Å²) in [5, 5.41) is 17.0. The molecule has 0 bridgehead atoms. The first-order valence-corrected chi connectivity index (χ1v) is 13.1. The van der Waals surface area contributed by atoms with E-state index in [0.29, 0.717) is 17.9 Å². The number of carbonyl (C=O) groups is 1. The molecule has 0 aliphatic carbocycles. The zero-order valence-electron chi connectivity index (χ0n) is 22.1. The molecule has 3 aromatic heterocycles. The van der Waals surface area contributed by atoms with E-state index in [2.05, 4.69) is 34.2 Å². The van der Waals surface area contributed by atoms with E-state index in [1.165, 1.54) is 0 Å². The molecule has 1 N–H and O–H groups in total. The second-order valence-corrected chi connectivity index (χ2v) is 9.69. The molecule has 0 radical (unpaired) electrons. The minimum atomic E-state index is -0.441. The van der Waals surface area contributed by atoms with Gasteiger partial charge in [0.2, 0.25) is 5.91 Å². The molecule has 8 heteroatoms. The minimum absolute atomic E-state index is 0.0365. The van der Waals surface area contributed by atoms with Crippen molar-refractivity contribution >= 4 is 22.9 Å². The van der Waals surface area contributed by atoms with Crippen molar-refractivity contribution in [3.8, 4) is 35.3 Å². The SMILES string of the molecule is C#Cc1cccc(NC(=O)C2(CC)CCN(c3ccc(-c4cc(OCC)cn5ncc(C#N)c45)cn3)CC2)c1. The van der Waals surface area contributed by atoms with Crippen LogP contribution in [-0.4, -0.2) is 40.2 Å². The molecule has 0 atom stereocenters. The van der Waals surface area contributed by atoms with Crippen LogP contribution in [0.2, 0.25) is 0 Å². The van der Waals surface area contributed by atoms with E-state index < -0.39 is 5.41 Å². The molecular formula is C31H30N6O2. The molecule has 1 amide bonds. The van der Waals surface area contributed by atoms with Crippen LogP contribution in [0.25, 0.3) is 16.6 Å². The van der Waals surface area contributed by atoms with Gasteiger partial charge in [0, 0.05) is 41.7 Å². The van der Waals surface area contributed by atoms with Crippen molar-refractivity contribution in [3.63, 3.8) is 0 Å². The molecule has 5 rings (SSSR count). The number of piperidine rings is 1. The Balaban J connectivity index is 1.33. The maximum absolute atomic E-state index is 13.3. The third-order valence-corrected chi connectivity index (χ3v) is 7.57. The number of rotatable bonds is 7. The Kier molecular flexibility index (Phi) is 7.21. The lowest BCUT2D eigenvalue weighted by Crippen LogP contribution is -2.46. The number of hydrogen-bond acceptors (Lipinski definition) is 6. The number of terminal acetylenes is 1. The Morgan fingerprint density at radius 2 is 2.00 bits per heavy atom. The number of hydrogen-bond donors (Lipinski definition) is 1. The molecular weight excluding hydrogens is 488 g/mol. The maximum Gasteiger partial charge on any atom is 0.230 e. The highest BCUT2D eigenvalue weighted by Crippen LogP contribution is 2.38. The summed E-state index contributed by atoms with van der Waals surface area (Å²) in [6.07, 6.45) is 12.9. The second-order valence-electron chi connectivity index (χ2n) is 9.69. The maximum atomic E-state index is 13.3. The number of nitrogens with zero attached hydrogens (tertiary/aromatic N) is 5. The van der Waals surface area contributed by atoms with Gasteiger partial charge in [0.05, 0.1) is 35.5 Å². The lowest BCUT2D eigenvalue weighted by Gasteiger charge is -2.40. The van der Waals surface area contributed by atoms with E-state index in [1.807, 2.05) is 55.6 Å². The lowest BCUT2D eigenvalue weighted by atomic mass is 9.75. The summed E-state index contributed by atoms with van der Waals surface area (Å²) in [6.45, 7) is 5.98. The average molecular weight is 519 g/mol. The highest BCUT2D eigenvalue weighted by atomic mass is 16.5. The molecule has 1 aliphatic rings. The number of pyridine rings is 2. The van der Waals surface area contributed by atoms with Gasteiger partial charge >= 0.3 is 0 Å². The third-order valence-electron chi connectivity index (χ3n) is 7.57. The van der Waals surface area contributed by atoms with Crippen LogP contribution in [0.3, 0.4) is 0 Å². The van der Waals surface area contributed by atoms with Crippen LogP contribution in [0, 0.1) is 29.1 Å². The number of ether oxygens (including phenoxy) is 1. The van der Waals surface area contributed by atoms with Crippen molar-refractivity contribution in [1.29, 1.82) is 5.26 Å². The number of benzene rings is 1. The third kappa shape index (κ3) is 5.02. The van der Waals surface area contributed by atoms with E-state index in [1.54, 1.807) is 16.9 Å². The Morgan fingerprint density at radius 1 is 1.18 bits per heavy atom. The number of carbonyl (C=O) groups excluding carboxylic acids is 1. The topological polar surface area (TPSA) is 95.5 Å². The highest BCUT2D eigenvalue weighted by Gasteiger charge is 2.40. The van der Waals surface area contributed by atoms with Gasteiger partial charge in [-0.3, -0.25) is 4.79 Å². The van der Waals surface area contributed by atoms with Gasteiger partial charge in [0.1, 0.15) is 17.6 Å². The van der Waals surface area contributed by atoms with Gasteiger partial charge in [-0.25, -0.2) is 9.50 Å². The zero-order valence-corrected chi connectivity index (χ0v) is 22.1. The smallest absolute Gasteiger partial charge is 0.230 e. The number of nitrogens with one attached hydrogen (secondary N) is 1. The Labute approximate surface area is 228 Å². The van der Waals surface area contributed by atoms with E-state index >= 15 is 0 Å². The normalized spacial score (nSPS) is 14.4. The van der Waals surface area contributed by atoms with Gasteiger partial charge < -0.3 is 15.0 Å². The number of nitriles is 1. The van der Waals surface area contributed by atoms with Gasteiger partial charge in [-0.2, -0.15) is 10.4 Å². The largest absolute Gasteiger partial charge is 0.492 e. The van der Waals surface area contributed by atoms with Crippen LogP contribution in [0.5, 0.6) is 5.75 Å². The van der Waals surface area contributed by atoms with Crippen LogP contribution in [0.1, 0.15) is 44.2 Å². The number of fused-ring (bicyclic) bond motifs is 1. The van der Waals surface area contributed by atoms with Crippen molar-refractivity contribution < 1.29 is 9.53 Å². The van der Waals surface area contributed by atoms with Gasteiger partial charge in [-0.1, -0.05) is 18.9 Å². The second kappa shape index (κ2) is 10.9. The number of anilines is 2. The van der Waals surface area contributed by atoms with Gasteiger partial charge in [0.15, 0.2) is 0 Å². The fourth-order valence-corrected chi connectivity index (χ4v) is 5.23. The number of aromatic nitrogens is 3. The summed E-state index contributed by atoms with van der Waals surface area (Å²) in [4.78, 5) is 20.3. The molecule has 196 valence electrons. The first kappa shape index (κ1) is 25.8. The van der Waals surface area contributed by atoms with Crippen molar-refractivity contribution in [2.24, 2.45) is 5.41 Å². The van der Waals surface area contributed by atoms with Crippen LogP contribution in [-0.2, 0) is 4.79 Å². The molecule has 39 heavy (non-hydrogen) atoms. The molecule has 4 heterocycles. The van der Waals surface area contributed by atoms with E-state index in [4.69, 9.17) is 16.1 Å².